The SMILES string of the molecule is Cc1cccc(-c2c(-c3ccncc3)nnn2CC(=O)Nc2ccc(-c3ccccc3)cn2)c1. The van der Waals surface area contributed by atoms with E-state index in [1.54, 1.807) is 29.3 Å². The average Bonchev–Trinajstić information content (AvgIpc) is 3.29. The number of benzene rings is 2. The van der Waals surface area contributed by atoms with E-state index in [9.17, 15) is 4.79 Å². The molecule has 0 fully saturated rings. The molecule has 5 aromatic rings. The van der Waals surface area contributed by atoms with Crippen molar-refractivity contribution in [3.63, 3.8) is 0 Å². The Morgan fingerprint density at radius 3 is 2.38 bits per heavy atom. The molecular formula is C27H22N6O. The Labute approximate surface area is 197 Å². The highest BCUT2D eigenvalue weighted by Gasteiger charge is 2.19. The van der Waals surface area contributed by atoms with Gasteiger partial charge in [-0.3, -0.25) is 9.78 Å². The lowest BCUT2D eigenvalue weighted by Crippen LogP contribution is -2.20. The zero-order chi connectivity index (χ0) is 23.3. The van der Waals surface area contributed by atoms with Gasteiger partial charge in [-0.15, -0.1) is 5.10 Å². The molecule has 0 aliphatic carbocycles. The summed E-state index contributed by atoms with van der Waals surface area (Å²) < 4.78 is 1.62. The number of hydrogen-bond donors (Lipinski definition) is 1. The first-order chi connectivity index (χ1) is 16.7. The first kappa shape index (κ1) is 21.2. The summed E-state index contributed by atoms with van der Waals surface area (Å²) in [7, 11) is 0. The molecule has 166 valence electrons. The molecule has 2 aromatic carbocycles. The third kappa shape index (κ3) is 4.59. The van der Waals surface area contributed by atoms with E-state index in [0.29, 0.717) is 11.5 Å². The maximum absolute atomic E-state index is 12.9. The number of amides is 1. The van der Waals surface area contributed by atoms with Crippen molar-refractivity contribution in [3.8, 4) is 33.6 Å². The van der Waals surface area contributed by atoms with E-state index in [4.69, 9.17) is 0 Å². The monoisotopic (exact) mass is 446 g/mol. The van der Waals surface area contributed by atoms with Crippen molar-refractivity contribution < 1.29 is 4.79 Å². The number of nitrogens with one attached hydrogen (secondary N) is 1. The van der Waals surface area contributed by atoms with Gasteiger partial charge in [-0.1, -0.05) is 59.3 Å². The number of rotatable bonds is 6. The molecule has 0 aliphatic heterocycles. The molecule has 3 aromatic heterocycles. The van der Waals surface area contributed by atoms with Crippen LogP contribution in [0.15, 0.2) is 97.5 Å². The average molecular weight is 447 g/mol. The molecule has 0 spiro atoms. The van der Waals surface area contributed by atoms with Gasteiger partial charge in [0.1, 0.15) is 18.1 Å². The highest BCUT2D eigenvalue weighted by molar-refractivity contribution is 5.90. The highest BCUT2D eigenvalue weighted by Crippen LogP contribution is 2.30. The molecule has 0 saturated carbocycles. The molecule has 0 atom stereocenters. The number of pyridine rings is 2. The number of carbonyl (C=O) groups is 1. The van der Waals surface area contributed by atoms with E-state index < -0.39 is 0 Å². The molecule has 7 nitrogen and oxygen atoms in total. The normalized spacial score (nSPS) is 10.7. The number of aromatic nitrogens is 5. The van der Waals surface area contributed by atoms with Gasteiger partial charge < -0.3 is 5.32 Å². The van der Waals surface area contributed by atoms with Gasteiger partial charge in [-0.05, 0) is 42.8 Å². The van der Waals surface area contributed by atoms with Crippen molar-refractivity contribution in [1.29, 1.82) is 0 Å². The minimum atomic E-state index is -0.236. The first-order valence-electron chi connectivity index (χ1n) is 10.9. The molecule has 1 N–H and O–H groups in total. The summed E-state index contributed by atoms with van der Waals surface area (Å²) in [5.74, 6) is 0.247. The van der Waals surface area contributed by atoms with Crippen molar-refractivity contribution in [3.05, 3.63) is 103 Å². The largest absolute Gasteiger partial charge is 0.309 e. The van der Waals surface area contributed by atoms with Crippen LogP contribution in [0.2, 0.25) is 0 Å². The van der Waals surface area contributed by atoms with E-state index in [1.165, 1.54) is 0 Å². The molecular weight excluding hydrogens is 424 g/mol. The summed E-state index contributed by atoms with van der Waals surface area (Å²) in [6, 6.07) is 25.5. The molecule has 0 aliphatic rings. The van der Waals surface area contributed by atoms with Gasteiger partial charge >= 0.3 is 0 Å². The summed E-state index contributed by atoms with van der Waals surface area (Å²) in [6.07, 6.45) is 5.18. The van der Waals surface area contributed by atoms with Crippen LogP contribution in [-0.2, 0) is 11.3 Å². The quantitative estimate of drug-likeness (QED) is 0.396. The zero-order valence-corrected chi connectivity index (χ0v) is 18.6. The number of anilines is 1. The van der Waals surface area contributed by atoms with Gasteiger partial charge in [0.2, 0.25) is 5.91 Å². The summed E-state index contributed by atoms with van der Waals surface area (Å²) in [4.78, 5) is 21.4. The highest BCUT2D eigenvalue weighted by atomic mass is 16.2. The Kier molecular flexibility index (Phi) is 5.90. The van der Waals surface area contributed by atoms with Crippen LogP contribution in [0.25, 0.3) is 33.6 Å². The number of hydrogen-bond acceptors (Lipinski definition) is 5. The molecule has 0 saturated heterocycles. The fourth-order valence-electron chi connectivity index (χ4n) is 3.79. The summed E-state index contributed by atoms with van der Waals surface area (Å²) >= 11 is 0. The van der Waals surface area contributed by atoms with Gasteiger partial charge in [0, 0.05) is 35.3 Å². The lowest BCUT2D eigenvalue weighted by Gasteiger charge is -2.10. The Morgan fingerprint density at radius 2 is 1.65 bits per heavy atom. The predicted molar refractivity (Wildman–Crippen MR) is 132 cm³/mol. The van der Waals surface area contributed by atoms with Crippen LogP contribution in [-0.4, -0.2) is 30.9 Å². The Morgan fingerprint density at radius 1 is 0.853 bits per heavy atom. The third-order valence-electron chi connectivity index (χ3n) is 5.41. The second-order valence-corrected chi connectivity index (χ2v) is 7.90. The molecule has 34 heavy (non-hydrogen) atoms. The van der Waals surface area contributed by atoms with Crippen LogP contribution < -0.4 is 5.32 Å². The van der Waals surface area contributed by atoms with E-state index in [1.807, 2.05) is 73.7 Å². The summed E-state index contributed by atoms with van der Waals surface area (Å²) in [5, 5.41) is 11.5. The lowest BCUT2D eigenvalue weighted by molar-refractivity contribution is -0.116. The van der Waals surface area contributed by atoms with Crippen LogP contribution in [0.3, 0.4) is 0 Å². The molecule has 3 heterocycles. The summed E-state index contributed by atoms with van der Waals surface area (Å²) in [6.45, 7) is 2.03. The van der Waals surface area contributed by atoms with Crippen LogP contribution in [0.5, 0.6) is 0 Å². The Balaban J connectivity index is 1.40. The minimum absolute atomic E-state index is 0.00345. The fourth-order valence-corrected chi connectivity index (χ4v) is 3.79. The van der Waals surface area contributed by atoms with Gasteiger partial charge in [-0.25, -0.2) is 9.67 Å². The van der Waals surface area contributed by atoms with Crippen molar-refractivity contribution in [1.82, 2.24) is 25.0 Å². The van der Waals surface area contributed by atoms with E-state index in [2.05, 4.69) is 31.7 Å². The summed E-state index contributed by atoms with van der Waals surface area (Å²) in [5.41, 5.74) is 6.47. The van der Waals surface area contributed by atoms with Gasteiger partial charge in [0.05, 0.1) is 5.69 Å². The van der Waals surface area contributed by atoms with Crippen LogP contribution in [0.4, 0.5) is 5.82 Å². The van der Waals surface area contributed by atoms with Crippen LogP contribution >= 0.6 is 0 Å². The van der Waals surface area contributed by atoms with Gasteiger partial charge in [0.25, 0.3) is 0 Å². The lowest BCUT2D eigenvalue weighted by atomic mass is 10.0. The molecule has 1 amide bonds. The number of carbonyl (C=O) groups excluding carboxylic acids is 1. The van der Waals surface area contributed by atoms with E-state index in [0.717, 1.165) is 33.5 Å². The molecule has 7 heteroatoms. The molecule has 0 bridgehead atoms. The second kappa shape index (κ2) is 9.46. The van der Waals surface area contributed by atoms with Crippen molar-refractivity contribution >= 4 is 11.7 Å². The molecule has 5 rings (SSSR count). The smallest absolute Gasteiger partial charge is 0.247 e. The van der Waals surface area contributed by atoms with Crippen molar-refractivity contribution in [2.45, 2.75) is 13.5 Å². The standard InChI is InChI=1S/C27H22N6O/c1-19-6-5-9-22(16-19)27-26(21-12-14-28-15-13-21)31-32-33(27)18-25(34)30-24-11-10-23(17-29-24)20-7-3-2-4-8-20/h2-17H,18H2,1H3,(H,29,30,34). The third-order valence-corrected chi connectivity index (χ3v) is 5.41. The Bertz CT molecular complexity index is 1410. The maximum atomic E-state index is 12.9. The zero-order valence-electron chi connectivity index (χ0n) is 18.6. The molecule has 0 radical (unpaired) electrons. The minimum Gasteiger partial charge on any atom is -0.309 e. The van der Waals surface area contributed by atoms with E-state index in [-0.39, 0.29) is 12.5 Å². The van der Waals surface area contributed by atoms with Crippen molar-refractivity contribution in [2.24, 2.45) is 0 Å². The molecule has 0 unspecified atom stereocenters. The van der Waals surface area contributed by atoms with Gasteiger partial charge in [0.15, 0.2) is 0 Å². The number of nitrogens with zero attached hydrogens (tertiary/aromatic N) is 5. The van der Waals surface area contributed by atoms with Crippen LogP contribution in [0.1, 0.15) is 5.56 Å². The maximum Gasteiger partial charge on any atom is 0.247 e. The predicted octanol–water partition coefficient (Wildman–Crippen LogP) is 5.02. The van der Waals surface area contributed by atoms with Crippen LogP contribution in [0, 0.1) is 6.92 Å². The van der Waals surface area contributed by atoms with Gasteiger partial charge in [-0.2, -0.15) is 0 Å². The topological polar surface area (TPSA) is 85.6 Å². The number of aryl methyl sites for hydroxylation is 1. The first-order valence-corrected chi connectivity index (χ1v) is 10.9. The van der Waals surface area contributed by atoms with Crippen molar-refractivity contribution in [2.75, 3.05) is 5.32 Å². The fraction of sp³-hybridized carbons (Fsp3) is 0.0741. The van der Waals surface area contributed by atoms with E-state index >= 15 is 0 Å². The second-order valence-electron chi connectivity index (χ2n) is 7.90. The Hall–Kier alpha value is -4.65.